The molecule has 0 spiro atoms. The van der Waals surface area contributed by atoms with Crippen LogP contribution in [0.3, 0.4) is 0 Å². The van der Waals surface area contributed by atoms with Crippen LogP contribution < -0.4 is 10.1 Å². The normalized spacial score (nSPS) is 11.4. The molecule has 0 bridgehead atoms. The first kappa shape index (κ1) is 19.7. The lowest BCUT2D eigenvalue weighted by Gasteiger charge is -2.22. The standard InChI is InChI=1S/C18H31N3OS/c1-5-19-18(20-13-7-8-14-23-4)21(3)15-16-9-11-17(12-10-16)22-6-2/h9-12H,5-8,13-15H2,1-4H3,(H,19,20). The van der Waals surface area contributed by atoms with Crippen molar-refractivity contribution in [3.8, 4) is 5.75 Å². The Morgan fingerprint density at radius 3 is 2.57 bits per heavy atom. The van der Waals surface area contributed by atoms with Gasteiger partial charge in [0.2, 0.25) is 0 Å². The van der Waals surface area contributed by atoms with Crippen LogP contribution >= 0.6 is 11.8 Å². The SMILES string of the molecule is CCNC(=NCCCCSC)N(C)Cc1ccc(OCC)cc1. The zero-order valence-corrected chi connectivity index (χ0v) is 15.8. The fourth-order valence-corrected chi connectivity index (χ4v) is 2.71. The summed E-state index contributed by atoms with van der Waals surface area (Å²) in [6.45, 7) is 7.41. The smallest absolute Gasteiger partial charge is 0.193 e. The van der Waals surface area contributed by atoms with Gasteiger partial charge in [0.05, 0.1) is 6.61 Å². The number of aliphatic imine (C=N–C) groups is 1. The van der Waals surface area contributed by atoms with Gasteiger partial charge < -0.3 is 15.0 Å². The molecule has 0 aliphatic rings. The molecule has 0 fully saturated rings. The molecule has 0 aliphatic carbocycles. The summed E-state index contributed by atoms with van der Waals surface area (Å²) >= 11 is 1.90. The second kappa shape index (κ2) is 12.1. The number of ether oxygens (including phenoxy) is 1. The quantitative estimate of drug-likeness (QED) is 0.402. The van der Waals surface area contributed by atoms with Crippen molar-refractivity contribution in [1.82, 2.24) is 10.2 Å². The molecule has 0 saturated heterocycles. The van der Waals surface area contributed by atoms with E-state index in [1.165, 1.54) is 17.7 Å². The number of nitrogens with zero attached hydrogens (tertiary/aromatic N) is 2. The molecule has 0 saturated carbocycles. The number of guanidine groups is 1. The van der Waals surface area contributed by atoms with E-state index in [2.05, 4.69) is 42.6 Å². The van der Waals surface area contributed by atoms with Crippen molar-refractivity contribution in [2.45, 2.75) is 33.2 Å². The van der Waals surface area contributed by atoms with Gasteiger partial charge in [-0.2, -0.15) is 11.8 Å². The van der Waals surface area contributed by atoms with Gasteiger partial charge in [-0.15, -0.1) is 0 Å². The first-order chi connectivity index (χ1) is 11.2. The van der Waals surface area contributed by atoms with E-state index in [0.717, 1.165) is 37.8 Å². The predicted octanol–water partition coefficient (Wildman–Crippen LogP) is 3.63. The molecule has 0 amide bonds. The summed E-state index contributed by atoms with van der Waals surface area (Å²) in [6.07, 6.45) is 4.53. The molecule has 0 radical (unpaired) electrons. The van der Waals surface area contributed by atoms with Gasteiger partial charge in [0.15, 0.2) is 5.96 Å². The molecule has 0 aliphatic heterocycles. The molecule has 1 aromatic carbocycles. The number of thioether (sulfide) groups is 1. The van der Waals surface area contributed by atoms with E-state index in [0.29, 0.717) is 6.61 Å². The summed E-state index contributed by atoms with van der Waals surface area (Å²) < 4.78 is 5.49. The average Bonchev–Trinajstić information content (AvgIpc) is 2.55. The first-order valence-corrected chi connectivity index (χ1v) is 9.80. The Hall–Kier alpha value is -1.36. The van der Waals surface area contributed by atoms with Crippen LogP contribution in [0, 0.1) is 0 Å². The lowest BCUT2D eigenvalue weighted by molar-refractivity contribution is 0.340. The van der Waals surface area contributed by atoms with Crippen molar-refractivity contribution in [1.29, 1.82) is 0 Å². The number of hydrogen-bond donors (Lipinski definition) is 1. The number of unbranched alkanes of at least 4 members (excludes halogenated alkanes) is 1. The number of rotatable bonds is 10. The largest absolute Gasteiger partial charge is 0.494 e. The summed E-state index contributed by atoms with van der Waals surface area (Å²) in [6, 6.07) is 8.28. The first-order valence-electron chi connectivity index (χ1n) is 8.41. The van der Waals surface area contributed by atoms with Gasteiger partial charge in [0, 0.05) is 26.7 Å². The second-order valence-corrected chi connectivity index (χ2v) is 6.35. The Kier molecular flexibility index (Phi) is 10.4. The van der Waals surface area contributed by atoms with Gasteiger partial charge in [-0.25, -0.2) is 0 Å². The summed E-state index contributed by atoms with van der Waals surface area (Å²) in [5.41, 5.74) is 1.25. The minimum atomic E-state index is 0.701. The van der Waals surface area contributed by atoms with Crippen LogP contribution in [-0.4, -0.2) is 49.6 Å². The van der Waals surface area contributed by atoms with Crippen LogP contribution in [0.5, 0.6) is 5.75 Å². The van der Waals surface area contributed by atoms with E-state index in [-0.39, 0.29) is 0 Å². The monoisotopic (exact) mass is 337 g/mol. The molecule has 23 heavy (non-hydrogen) atoms. The van der Waals surface area contributed by atoms with Crippen molar-refractivity contribution in [2.24, 2.45) is 4.99 Å². The molecule has 0 aromatic heterocycles. The lowest BCUT2D eigenvalue weighted by atomic mass is 10.2. The third-order valence-corrected chi connectivity index (χ3v) is 4.07. The Morgan fingerprint density at radius 2 is 1.96 bits per heavy atom. The lowest BCUT2D eigenvalue weighted by Crippen LogP contribution is -2.38. The highest BCUT2D eigenvalue weighted by molar-refractivity contribution is 7.98. The molecule has 130 valence electrons. The Morgan fingerprint density at radius 1 is 1.22 bits per heavy atom. The van der Waals surface area contributed by atoms with Crippen molar-refractivity contribution < 1.29 is 4.74 Å². The molecule has 1 N–H and O–H groups in total. The van der Waals surface area contributed by atoms with E-state index in [9.17, 15) is 0 Å². The molecular formula is C18H31N3OS. The zero-order chi connectivity index (χ0) is 16.9. The molecule has 0 heterocycles. The minimum Gasteiger partial charge on any atom is -0.494 e. The van der Waals surface area contributed by atoms with Gasteiger partial charge >= 0.3 is 0 Å². The maximum absolute atomic E-state index is 5.49. The van der Waals surface area contributed by atoms with Crippen LogP contribution in [0.1, 0.15) is 32.3 Å². The molecule has 1 rings (SSSR count). The van der Waals surface area contributed by atoms with Crippen LogP contribution in [0.4, 0.5) is 0 Å². The van der Waals surface area contributed by atoms with E-state index in [1.807, 2.05) is 30.8 Å². The zero-order valence-electron chi connectivity index (χ0n) is 15.0. The van der Waals surface area contributed by atoms with Crippen LogP contribution in [-0.2, 0) is 6.54 Å². The van der Waals surface area contributed by atoms with Crippen molar-refractivity contribution in [3.05, 3.63) is 29.8 Å². The highest BCUT2D eigenvalue weighted by Crippen LogP contribution is 2.13. The van der Waals surface area contributed by atoms with Crippen LogP contribution in [0.2, 0.25) is 0 Å². The molecule has 0 unspecified atom stereocenters. The van der Waals surface area contributed by atoms with Crippen molar-refractivity contribution in [2.75, 3.05) is 38.8 Å². The van der Waals surface area contributed by atoms with E-state index >= 15 is 0 Å². The van der Waals surface area contributed by atoms with E-state index in [1.54, 1.807) is 0 Å². The third kappa shape index (κ3) is 8.16. The minimum absolute atomic E-state index is 0.701. The average molecular weight is 338 g/mol. The molecule has 4 nitrogen and oxygen atoms in total. The predicted molar refractivity (Wildman–Crippen MR) is 103 cm³/mol. The van der Waals surface area contributed by atoms with Gasteiger partial charge in [-0.1, -0.05) is 12.1 Å². The highest BCUT2D eigenvalue weighted by atomic mass is 32.2. The van der Waals surface area contributed by atoms with Crippen molar-refractivity contribution in [3.63, 3.8) is 0 Å². The van der Waals surface area contributed by atoms with Crippen molar-refractivity contribution >= 4 is 17.7 Å². The fourth-order valence-electron chi connectivity index (χ4n) is 2.22. The van der Waals surface area contributed by atoms with Gasteiger partial charge in [0.1, 0.15) is 5.75 Å². The van der Waals surface area contributed by atoms with Crippen LogP contribution in [0.25, 0.3) is 0 Å². The van der Waals surface area contributed by atoms with Gasteiger partial charge in [0.25, 0.3) is 0 Å². The highest BCUT2D eigenvalue weighted by Gasteiger charge is 2.06. The molecular weight excluding hydrogens is 306 g/mol. The summed E-state index contributed by atoms with van der Waals surface area (Å²) in [4.78, 5) is 6.90. The van der Waals surface area contributed by atoms with E-state index < -0.39 is 0 Å². The molecule has 1 aromatic rings. The molecule has 5 heteroatoms. The summed E-state index contributed by atoms with van der Waals surface area (Å²) in [7, 11) is 2.08. The summed E-state index contributed by atoms with van der Waals surface area (Å²) in [5, 5.41) is 3.37. The van der Waals surface area contributed by atoms with Gasteiger partial charge in [-0.05, 0) is 56.4 Å². The number of nitrogens with one attached hydrogen (secondary N) is 1. The Labute approximate surface area is 145 Å². The van der Waals surface area contributed by atoms with Gasteiger partial charge in [-0.3, -0.25) is 4.99 Å². The second-order valence-electron chi connectivity index (χ2n) is 5.37. The number of benzene rings is 1. The fraction of sp³-hybridized carbons (Fsp3) is 0.611. The maximum atomic E-state index is 5.49. The molecule has 0 atom stereocenters. The Balaban J connectivity index is 2.55. The maximum Gasteiger partial charge on any atom is 0.193 e. The third-order valence-electron chi connectivity index (χ3n) is 3.37. The summed E-state index contributed by atoms with van der Waals surface area (Å²) in [5.74, 6) is 3.12. The van der Waals surface area contributed by atoms with E-state index in [4.69, 9.17) is 9.73 Å². The Bertz CT molecular complexity index is 448. The number of hydrogen-bond acceptors (Lipinski definition) is 3. The topological polar surface area (TPSA) is 36.9 Å². The van der Waals surface area contributed by atoms with Crippen LogP contribution in [0.15, 0.2) is 29.3 Å².